The van der Waals surface area contributed by atoms with Gasteiger partial charge in [0.2, 0.25) is 0 Å². The highest BCUT2D eigenvalue weighted by atomic mass is 35.5. The number of rotatable bonds is 3. The van der Waals surface area contributed by atoms with Gasteiger partial charge in [0.1, 0.15) is 10.2 Å². The van der Waals surface area contributed by atoms with Crippen molar-refractivity contribution in [1.29, 1.82) is 0 Å². The number of aryl methyl sites for hydroxylation is 1. The van der Waals surface area contributed by atoms with Gasteiger partial charge in [-0.2, -0.15) is 0 Å². The molecule has 0 aromatic carbocycles. The van der Waals surface area contributed by atoms with E-state index in [4.69, 9.17) is 16.7 Å². The smallest absolute Gasteiger partial charge is 0.354 e. The number of hydrogen-bond acceptors (Lipinski definition) is 5. The molecule has 1 aliphatic rings. The van der Waals surface area contributed by atoms with Gasteiger partial charge in [-0.15, -0.1) is 11.3 Å². The molecule has 23 heavy (non-hydrogen) atoms. The van der Waals surface area contributed by atoms with Crippen LogP contribution in [0.15, 0.2) is 17.5 Å². The Morgan fingerprint density at radius 2 is 2.17 bits per heavy atom. The molecule has 1 saturated heterocycles. The molecule has 0 spiro atoms. The van der Waals surface area contributed by atoms with Crippen molar-refractivity contribution < 1.29 is 14.7 Å². The summed E-state index contributed by atoms with van der Waals surface area (Å²) in [6, 6.07) is 2.60. The van der Waals surface area contributed by atoms with Gasteiger partial charge >= 0.3 is 5.97 Å². The third kappa shape index (κ3) is 3.20. The van der Waals surface area contributed by atoms with Crippen LogP contribution < -0.4 is 0 Å². The first-order valence-corrected chi connectivity index (χ1v) is 8.35. The molecule has 0 saturated carbocycles. The number of nitrogens with zero attached hydrogens (tertiary/aromatic N) is 3. The van der Waals surface area contributed by atoms with Gasteiger partial charge in [0.05, 0.1) is 6.04 Å². The Kier molecular flexibility index (Phi) is 4.32. The number of hydrogen-bond donors (Lipinski definition) is 1. The fourth-order valence-corrected chi connectivity index (χ4v) is 3.84. The Morgan fingerprint density at radius 1 is 1.39 bits per heavy atom. The molecule has 2 aromatic heterocycles. The van der Waals surface area contributed by atoms with Crippen LogP contribution in [0.1, 0.15) is 50.4 Å². The third-order valence-corrected chi connectivity index (χ3v) is 4.95. The summed E-state index contributed by atoms with van der Waals surface area (Å²) in [6.45, 7) is 2.54. The highest BCUT2D eigenvalue weighted by Crippen LogP contribution is 2.34. The van der Waals surface area contributed by atoms with Gasteiger partial charge in [-0.3, -0.25) is 4.79 Å². The van der Waals surface area contributed by atoms with Gasteiger partial charge in [0, 0.05) is 23.2 Å². The quantitative estimate of drug-likeness (QED) is 0.858. The van der Waals surface area contributed by atoms with Gasteiger partial charge in [0.25, 0.3) is 5.91 Å². The van der Waals surface area contributed by atoms with E-state index in [-0.39, 0.29) is 28.4 Å². The van der Waals surface area contributed by atoms with E-state index in [1.165, 1.54) is 23.5 Å². The Balaban J connectivity index is 1.91. The lowest BCUT2D eigenvalue weighted by atomic mass is 10.1. The first-order valence-electron chi connectivity index (χ1n) is 7.09. The summed E-state index contributed by atoms with van der Waals surface area (Å²) in [7, 11) is 0. The largest absolute Gasteiger partial charge is 0.477 e. The molecule has 3 heterocycles. The van der Waals surface area contributed by atoms with Gasteiger partial charge in [-0.05, 0) is 31.9 Å². The maximum atomic E-state index is 12.8. The van der Waals surface area contributed by atoms with Crippen molar-refractivity contribution in [1.82, 2.24) is 14.9 Å². The molecule has 1 unspecified atom stereocenters. The number of thiazole rings is 1. The van der Waals surface area contributed by atoms with Crippen molar-refractivity contribution in [2.45, 2.75) is 25.8 Å². The maximum Gasteiger partial charge on any atom is 0.354 e. The molecule has 3 rings (SSSR count). The van der Waals surface area contributed by atoms with E-state index in [0.717, 1.165) is 23.5 Å². The summed E-state index contributed by atoms with van der Waals surface area (Å²) < 4.78 is 0. The molecule has 1 N–H and O–H groups in total. The van der Waals surface area contributed by atoms with Gasteiger partial charge < -0.3 is 10.0 Å². The summed E-state index contributed by atoms with van der Waals surface area (Å²) in [6.07, 6.45) is 1.74. The van der Waals surface area contributed by atoms with Crippen molar-refractivity contribution in [2.75, 3.05) is 6.54 Å². The SMILES string of the molecule is Cc1csc(C2CCCN2C(=O)c2cc(Cl)nc(C(=O)O)c2)n1. The summed E-state index contributed by atoms with van der Waals surface area (Å²) in [5, 5.41) is 11.9. The predicted molar refractivity (Wildman–Crippen MR) is 86.1 cm³/mol. The van der Waals surface area contributed by atoms with Crippen molar-refractivity contribution in [3.8, 4) is 0 Å². The minimum Gasteiger partial charge on any atom is -0.477 e. The van der Waals surface area contributed by atoms with Crippen LogP contribution in [0.25, 0.3) is 0 Å². The van der Waals surface area contributed by atoms with E-state index >= 15 is 0 Å². The Morgan fingerprint density at radius 3 is 2.83 bits per heavy atom. The van der Waals surface area contributed by atoms with Crippen LogP contribution in [0.3, 0.4) is 0 Å². The average Bonchev–Trinajstić information content (AvgIpc) is 3.14. The Bertz CT molecular complexity index is 777. The molecule has 0 aliphatic carbocycles. The molecule has 120 valence electrons. The van der Waals surface area contributed by atoms with E-state index in [1.54, 1.807) is 4.90 Å². The normalized spacial score (nSPS) is 17.5. The number of carboxylic acids is 1. The van der Waals surface area contributed by atoms with E-state index < -0.39 is 5.97 Å². The number of halogens is 1. The van der Waals surface area contributed by atoms with E-state index in [2.05, 4.69) is 9.97 Å². The van der Waals surface area contributed by atoms with Gasteiger partial charge in [0.15, 0.2) is 5.69 Å². The molecule has 8 heteroatoms. The number of aromatic carboxylic acids is 1. The van der Waals surface area contributed by atoms with Crippen LogP contribution in [-0.2, 0) is 0 Å². The lowest BCUT2D eigenvalue weighted by Crippen LogP contribution is -2.30. The molecule has 6 nitrogen and oxygen atoms in total. The van der Waals surface area contributed by atoms with E-state index in [9.17, 15) is 9.59 Å². The van der Waals surface area contributed by atoms with E-state index in [1.807, 2.05) is 12.3 Å². The molecular formula is C15H14ClN3O3S. The van der Waals surface area contributed by atoms with Crippen LogP contribution in [0, 0.1) is 6.92 Å². The van der Waals surface area contributed by atoms with Crippen molar-refractivity contribution in [3.63, 3.8) is 0 Å². The topological polar surface area (TPSA) is 83.4 Å². The summed E-state index contributed by atoms with van der Waals surface area (Å²) in [5.74, 6) is -1.46. The maximum absolute atomic E-state index is 12.8. The number of likely N-dealkylation sites (tertiary alicyclic amines) is 1. The van der Waals surface area contributed by atoms with Crippen LogP contribution in [0.2, 0.25) is 5.15 Å². The minimum atomic E-state index is -1.21. The predicted octanol–water partition coefficient (Wildman–Crippen LogP) is 3.18. The second kappa shape index (κ2) is 6.25. The second-order valence-corrected chi connectivity index (χ2v) is 6.63. The third-order valence-electron chi connectivity index (χ3n) is 3.70. The van der Waals surface area contributed by atoms with Crippen LogP contribution >= 0.6 is 22.9 Å². The fraction of sp³-hybridized carbons (Fsp3) is 0.333. The molecule has 0 bridgehead atoms. The standard InChI is InChI=1S/C15H14ClN3O3S/c1-8-7-23-13(17-8)11-3-2-4-19(11)14(20)9-5-10(15(21)22)18-12(16)6-9/h5-7,11H,2-4H2,1H3,(H,21,22). The number of carbonyl (C=O) groups is 2. The molecular weight excluding hydrogens is 338 g/mol. The van der Waals surface area contributed by atoms with Crippen LogP contribution in [0.4, 0.5) is 0 Å². The zero-order valence-corrected chi connectivity index (χ0v) is 13.9. The zero-order chi connectivity index (χ0) is 16.6. The summed E-state index contributed by atoms with van der Waals surface area (Å²) in [5.41, 5.74) is 0.939. The van der Waals surface area contributed by atoms with Gasteiger partial charge in [-0.25, -0.2) is 14.8 Å². The minimum absolute atomic E-state index is 0.00547. The number of carbonyl (C=O) groups excluding carboxylic acids is 1. The number of amides is 1. The highest BCUT2D eigenvalue weighted by Gasteiger charge is 2.33. The number of pyridine rings is 1. The van der Waals surface area contributed by atoms with Crippen molar-refractivity contribution in [3.05, 3.63) is 44.6 Å². The highest BCUT2D eigenvalue weighted by molar-refractivity contribution is 7.09. The number of carboxylic acid groups (broad SMARTS) is 1. The lowest BCUT2D eigenvalue weighted by Gasteiger charge is -2.23. The second-order valence-electron chi connectivity index (χ2n) is 5.35. The first-order chi connectivity index (χ1) is 11.0. The summed E-state index contributed by atoms with van der Waals surface area (Å²) in [4.78, 5) is 33.8. The molecule has 2 aromatic rings. The monoisotopic (exact) mass is 351 g/mol. The zero-order valence-electron chi connectivity index (χ0n) is 12.3. The number of aromatic nitrogens is 2. The molecule has 0 radical (unpaired) electrons. The van der Waals surface area contributed by atoms with E-state index in [0.29, 0.717) is 6.54 Å². The molecule has 1 fully saturated rings. The fourth-order valence-electron chi connectivity index (χ4n) is 2.69. The van der Waals surface area contributed by atoms with Crippen LogP contribution in [-0.4, -0.2) is 38.4 Å². The molecule has 1 amide bonds. The van der Waals surface area contributed by atoms with Gasteiger partial charge in [-0.1, -0.05) is 11.6 Å². The Labute approximate surface area is 141 Å². The first kappa shape index (κ1) is 15.9. The average molecular weight is 352 g/mol. The van der Waals surface area contributed by atoms with Crippen molar-refractivity contribution in [2.24, 2.45) is 0 Å². The van der Waals surface area contributed by atoms with Crippen LogP contribution in [0.5, 0.6) is 0 Å². The van der Waals surface area contributed by atoms with Crippen molar-refractivity contribution >= 4 is 34.8 Å². The molecule has 1 aliphatic heterocycles. The molecule has 1 atom stereocenters. The lowest BCUT2D eigenvalue weighted by molar-refractivity contribution is 0.0690. The Hall–Kier alpha value is -1.99. The summed E-state index contributed by atoms with van der Waals surface area (Å²) >= 11 is 7.38.